The molecule has 0 saturated heterocycles. The molecule has 0 amide bonds. The van der Waals surface area contributed by atoms with Gasteiger partial charge in [0.1, 0.15) is 5.75 Å². The maximum atomic E-state index is 13.3. The van der Waals surface area contributed by atoms with E-state index in [9.17, 15) is 14.7 Å². The number of rotatable bonds is 7. The number of esters is 1. The third kappa shape index (κ3) is 4.46. The highest BCUT2D eigenvalue weighted by Gasteiger charge is 2.32. The monoisotopic (exact) mass is 387 g/mol. The minimum Gasteiger partial charge on any atom is -0.507 e. The first kappa shape index (κ1) is 20.2. The summed E-state index contributed by atoms with van der Waals surface area (Å²) in [5.41, 5.74) is 1.79. The van der Waals surface area contributed by atoms with E-state index in [0.29, 0.717) is 24.2 Å². The third-order valence-electron chi connectivity index (χ3n) is 5.89. The van der Waals surface area contributed by atoms with Gasteiger partial charge in [-0.25, -0.2) is 4.98 Å². The highest BCUT2D eigenvalue weighted by molar-refractivity contribution is 5.70. The van der Waals surface area contributed by atoms with Gasteiger partial charge in [0.05, 0.1) is 25.4 Å². The van der Waals surface area contributed by atoms with Crippen LogP contribution in [0.1, 0.15) is 61.4 Å². The van der Waals surface area contributed by atoms with Gasteiger partial charge < -0.3 is 19.4 Å². The molecule has 2 heterocycles. The zero-order valence-corrected chi connectivity index (χ0v) is 16.6. The summed E-state index contributed by atoms with van der Waals surface area (Å²) < 4.78 is 6.57. The van der Waals surface area contributed by atoms with E-state index in [1.165, 1.54) is 13.5 Å². The van der Waals surface area contributed by atoms with Crippen molar-refractivity contribution in [2.45, 2.75) is 64.3 Å². The van der Waals surface area contributed by atoms with Gasteiger partial charge in [0.2, 0.25) is 0 Å². The summed E-state index contributed by atoms with van der Waals surface area (Å²) in [4.78, 5) is 32.5. The zero-order valence-electron chi connectivity index (χ0n) is 16.6. The van der Waals surface area contributed by atoms with Gasteiger partial charge in [-0.1, -0.05) is 19.3 Å². The summed E-state index contributed by atoms with van der Waals surface area (Å²) in [5, 5.41) is 10.7. The number of carbonyl (C=O) groups excluding carboxylic acids is 1. The Labute approximate surface area is 164 Å². The van der Waals surface area contributed by atoms with Crippen LogP contribution in [0.2, 0.25) is 0 Å². The molecule has 0 aromatic carbocycles. The van der Waals surface area contributed by atoms with E-state index in [0.717, 1.165) is 31.4 Å². The maximum Gasteiger partial charge on any atom is 0.306 e. The van der Waals surface area contributed by atoms with Crippen LogP contribution in [0.5, 0.6) is 5.75 Å². The molecule has 28 heavy (non-hydrogen) atoms. The van der Waals surface area contributed by atoms with Crippen LogP contribution in [-0.2, 0) is 22.5 Å². The van der Waals surface area contributed by atoms with Crippen LogP contribution >= 0.6 is 0 Å². The topological polar surface area (TPSA) is 97.2 Å². The molecule has 1 atom stereocenters. The number of nitrogens with one attached hydrogen (secondary N) is 1. The minimum absolute atomic E-state index is 0.0141. The number of methoxy groups -OCH3 is 1. The van der Waals surface area contributed by atoms with Crippen molar-refractivity contribution in [2.75, 3.05) is 7.11 Å². The lowest BCUT2D eigenvalue weighted by molar-refractivity contribution is -0.141. The predicted molar refractivity (Wildman–Crippen MR) is 105 cm³/mol. The molecule has 1 saturated carbocycles. The van der Waals surface area contributed by atoms with Crippen molar-refractivity contribution in [1.82, 2.24) is 14.5 Å². The average molecular weight is 387 g/mol. The molecule has 7 heteroatoms. The molecule has 2 N–H and O–H groups in total. The lowest BCUT2D eigenvalue weighted by Crippen LogP contribution is -2.32. The van der Waals surface area contributed by atoms with Crippen molar-refractivity contribution in [2.24, 2.45) is 5.92 Å². The van der Waals surface area contributed by atoms with Crippen molar-refractivity contribution in [3.8, 4) is 5.75 Å². The van der Waals surface area contributed by atoms with Crippen molar-refractivity contribution >= 4 is 5.97 Å². The lowest BCUT2D eigenvalue weighted by Gasteiger charge is -2.30. The number of hydrogen-bond donors (Lipinski definition) is 2. The van der Waals surface area contributed by atoms with Gasteiger partial charge in [-0.05, 0) is 31.7 Å². The van der Waals surface area contributed by atoms with Crippen LogP contribution in [-0.4, -0.2) is 32.7 Å². The Hall–Kier alpha value is -2.57. The lowest BCUT2D eigenvalue weighted by atomic mass is 9.75. The van der Waals surface area contributed by atoms with Crippen molar-refractivity contribution in [3.05, 3.63) is 45.9 Å². The van der Waals surface area contributed by atoms with Crippen molar-refractivity contribution < 1.29 is 14.6 Å². The number of nitrogens with zero attached hydrogens (tertiary/aromatic N) is 2. The van der Waals surface area contributed by atoms with E-state index >= 15 is 0 Å². The van der Waals surface area contributed by atoms with Crippen LogP contribution in [0.4, 0.5) is 0 Å². The molecular weight excluding hydrogens is 358 g/mol. The number of carbonyl (C=O) groups is 1. The van der Waals surface area contributed by atoms with E-state index < -0.39 is 0 Å². The second kappa shape index (κ2) is 9.08. The normalized spacial score (nSPS) is 16.1. The first-order valence-corrected chi connectivity index (χ1v) is 9.98. The van der Waals surface area contributed by atoms with Gasteiger partial charge in [0, 0.05) is 36.5 Å². The van der Waals surface area contributed by atoms with Gasteiger partial charge in [-0.3, -0.25) is 9.59 Å². The van der Waals surface area contributed by atoms with E-state index in [2.05, 4.69) is 9.97 Å². The number of H-pyrrole nitrogens is 1. The third-order valence-corrected chi connectivity index (χ3v) is 5.89. The zero-order chi connectivity index (χ0) is 20.1. The Morgan fingerprint density at radius 1 is 1.39 bits per heavy atom. The standard InChI is InChI=1S/C21H29N3O4/c1-14-10-18(25)20(21(27)24(14)9-8-16-12-22-13-23-16)17(11-19(26)28-2)15-6-4-3-5-7-15/h10,12-13,15,17,25H,3-9,11H2,1-2H3,(H,22,23)/t17-/m1/s1. The first-order chi connectivity index (χ1) is 13.5. The molecule has 152 valence electrons. The highest BCUT2D eigenvalue weighted by Crippen LogP contribution is 2.40. The Balaban J connectivity index is 1.97. The van der Waals surface area contributed by atoms with E-state index in [1.54, 1.807) is 23.2 Å². The minimum atomic E-state index is -0.348. The molecule has 0 bridgehead atoms. The second-order valence-corrected chi connectivity index (χ2v) is 7.65. The molecule has 1 fully saturated rings. The smallest absolute Gasteiger partial charge is 0.306 e. The van der Waals surface area contributed by atoms with Gasteiger partial charge in [-0.15, -0.1) is 0 Å². The fourth-order valence-electron chi connectivity index (χ4n) is 4.35. The average Bonchev–Trinajstić information content (AvgIpc) is 3.20. The van der Waals surface area contributed by atoms with Crippen molar-refractivity contribution in [1.29, 1.82) is 0 Å². The van der Waals surface area contributed by atoms with Gasteiger partial charge in [0.15, 0.2) is 0 Å². The van der Waals surface area contributed by atoms with Gasteiger partial charge >= 0.3 is 5.97 Å². The molecule has 1 aliphatic carbocycles. The number of hydrogen-bond acceptors (Lipinski definition) is 5. The van der Waals surface area contributed by atoms with Crippen molar-refractivity contribution in [3.63, 3.8) is 0 Å². The number of ether oxygens (including phenoxy) is 1. The molecule has 0 aliphatic heterocycles. The summed E-state index contributed by atoms with van der Waals surface area (Å²) in [6.45, 7) is 2.30. The summed E-state index contributed by atoms with van der Waals surface area (Å²) in [7, 11) is 1.36. The molecule has 0 radical (unpaired) electrons. The SMILES string of the molecule is COC(=O)C[C@@H](c1c(O)cc(C)n(CCc2cnc[nH]2)c1=O)C1CCCCC1. The number of aryl methyl sites for hydroxylation is 2. The van der Waals surface area contributed by atoms with Crippen LogP contribution in [0.15, 0.2) is 23.4 Å². The quantitative estimate of drug-likeness (QED) is 0.712. The number of aromatic hydroxyl groups is 1. The molecule has 2 aromatic heterocycles. The summed E-state index contributed by atoms with van der Waals surface area (Å²) >= 11 is 0. The van der Waals surface area contributed by atoms with Crippen LogP contribution in [0.25, 0.3) is 0 Å². The van der Waals surface area contributed by atoms with Crippen LogP contribution < -0.4 is 5.56 Å². The molecule has 0 unspecified atom stereocenters. The number of imidazole rings is 1. The molecule has 3 rings (SSSR count). The van der Waals surface area contributed by atoms with E-state index in [-0.39, 0.29) is 35.5 Å². The molecule has 0 spiro atoms. The molecular formula is C21H29N3O4. The number of pyridine rings is 1. The Morgan fingerprint density at radius 3 is 2.79 bits per heavy atom. The molecule has 2 aromatic rings. The Bertz CT molecular complexity index is 851. The van der Waals surface area contributed by atoms with Gasteiger partial charge in [-0.2, -0.15) is 0 Å². The Morgan fingerprint density at radius 2 is 2.14 bits per heavy atom. The predicted octanol–water partition coefficient (Wildman–Crippen LogP) is 3.06. The Kier molecular flexibility index (Phi) is 6.54. The fraction of sp³-hybridized carbons (Fsp3) is 0.571. The van der Waals surface area contributed by atoms with Gasteiger partial charge in [0.25, 0.3) is 5.56 Å². The summed E-state index contributed by atoms with van der Waals surface area (Å²) in [5.74, 6) is -0.479. The van der Waals surface area contributed by atoms with Crippen LogP contribution in [0, 0.1) is 12.8 Å². The van der Waals surface area contributed by atoms with Crippen LogP contribution in [0.3, 0.4) is 0 Å². The molecule has 1 aliphatic rings. The largest absolute Gasteiger partial charge is 0.507 e. The number of aromatic amines is 1. The highest BCUT2D eigenvalue weighted by atomic mass is 16.5. The second-order valence-electron chi connectivity index (χ2n) is 7.65. The molecule has 7 nitrogen and oxygen atoms in total. The number of aromatic nitrogens is 3. The van der Waals surface area contributed by atoms with E-state index in [4.69, 9.17) is 4.74 Å². The summed E-state index contributed by atoms with van der Waals surface area (Å²) in [6.07, 6.45) is 9.38. The van der Waals surface area contributed by atoms with E-state index in [1.807, 2.05) is 6.92 Å². The maximum absolute atomic E-state index is 13.3. The fourth-order valence-corrected chi connectivity index (χ4v) is 4.35. The summed E-state index contributed by atoms with van der Waals surface area (Å²) in [6, 6.07) is 1.64. The first-order valence-electron chi connectivity index (χ1n) is 9.98.